The van der Waals surface area contributed by atoms with Gasteiger partial charge in [-0.25, -0.2) is 5.43 Å². The fourth-order valence-corrected chi connectivity index (χ4v) is 1.87. The molecular weight excluding hydrogens is 242 g/mol. The molecule has 2 aromatic heterocycles. The summed E-state index contributed by atoms with van der Waals surface area (Å²) in [4.78, 5) is 4.18. The van der Waals surface area contributed by atoms with Crippen LogP contribution in [0.4, 0.5) is 0 Å². The molecule has 1 unspecified atom stereocenters. The van der Waals surface area contributed by atoms with Gasteiger partial charge >= 0.3 is 0 Å². The third-order valence-corrected chi connectivity index (χ3v) is 2.64. The molecule has 1 atom stereocenters. The summed E-state index contributed by atoms with van der Waals surface area (Å²) >= 11 is 0. The van der Waals surface area contributed by atoms with Gasteiger partial charge in [-0.15, -0.1) is 0 Å². The first-order valence-corrected chi connectivity index (χ1v) is 6.17. The maximum atomic E-state index is 5.63. The van der Waals surface area contributed by atoms with Crippen LogP contribution in [-0.2, 0) is 7.05 Å². The molecule has 2 heterocycles. The molecule has 0 saturated heterocycles. The maximum absolute atomic E-state index is 5.63. The van der Waals surface area contributed by atoms with Crippen LogP contribution in [0.5, 0.6) is 5.75 Å². The van der Waals surface area contributed by atoms with Crippen LogP contribution < -0.4 is 16.0 Å². The number of aryl methyl sites for hydroxylation is 1. The van der Waals surface area contributed by atoms with Crippen molar-refractivity contribution in [1.82, 2.24) is 20.2 Å². The summed E-state index contributed by atoms with van der Waals surface area (Å²) in [6.07, 6.45) is 5.43. The lowest BCUT2D eigenvalue weighted by molar-refractivity contribution is 0.241. The minimum Gasteiger partial charge on any atom is -0.489 e. The third-order valence-electron chi connectivity index (χ3n) is 2.64. The van der Waals surface area contributed by atoms with Gasteiger partial charge < -0.3 is 4.74 Å². The van der Waals surface area contributed by atoms with Gasteiger partial charge in [0.05, 0.1) is 24.0 Å². The fourth-order valence-electron chi connectivity index (χ4n) is 1.87. The Labute approximate surface area is 112 Å². The summed E-state index contributed by atoms with van der Waals surface area (Å²) in [6.45, 7) is 3.95. The predicted octanol–water partition coefficient (Wildman–Crippen LogP) is 1.15. The van der Waals surface area contributed by atoms with Crippen molar-refractivity contribution in [3.05, 3.63) is 42.0 Å². The van der Waals surface area contributed by atoms with Crippen LogP contribution in [0, 0.1) is 0 Å². The van der Waals surface area contributed by atoms with E-state index < -0.39 is 0 Å². The van der Waals surface area contributed by atoms with Crippen molar-refractivity contribution in [2.75, 3.05) is 0 Å². The molecule has 0 saturated carbocycles. The first-order chi connectivity index (χ1) is 9.10. The van der Waals surface area contributed by atoms with Gasteiger partial charge in [0.1, 0.15) is 5.75 Å². The van der Waals surface area contributed by atoms with Crippen LogP contribution in [0.2, 0.25) is 0 Å². The molecule has 0 spiro atoms. The number of pyridine rings is 1. The van der Waals surface area contributed by atoms with E-state index in [9.17, 15) is 0 Å². The Hall–Kier alpha value is -1.92. The molecule has 102 valence electrons. The molecule has 6 nitrogen and oxygen atoms in total. The Morgan fingerprint density at radius 3 is 2.74 bits per heavy atom. The first-order valence-electron chi connectivity index (χ1n) is 6.17. The molecular formula is C13H19N5O. The van der Waals surface area contributed by atoms with E-state index in [1.54, 1.807) is 17.1 Å². The number of nitrogens with two attached hydrogens (primary N) is 1. The van der Waals surface area contributed by atoms with E-state index in [2.05, 4.69) is 15.5 Å². The highest BCUT2D eigenvalue weighted by Crippen LogP contribution is 2.22. The van der Waals surface area contributed by atoms with Crippen LogP contribution in [0.3, 0.4) is 0 Å². The Morgan fingerprint density at radius 1 is 1.37 bits per heavy atom. The minimum absolute atomic E-state index is 0.108. The molecule has 0 radical (unpaired) electrons. The van der Waals surface area contributed by atoms with Crippen molar-refractivity contribution >= 4 is 0 Å². The maximum Gasteiger partial charge on any atom is 0.138 e. The Balaban J connectivity index is 2.28. The number of aromatic nitrogens is 3. The number of hydrazine groups is 1. The first kappa shape index (κ1) is 13.5. The van der Waals surface area contributed by atoms with E-state index in [4.69, 9.17) is 10.6 Å². The van der Waals surface area contributed by atoms with E-state index in [1.165, 1.54) is 0 Å². The van der Waals surface area contributed by atoms with Gasteiger partial charge in [-0.1, -0.05) is 0 Å². The third kappa shape index (κ3) is 3.30. The predicted molar refractivity (Wildman–Crippen MR) is 72.4 cm³/mol. The van der Waals surface area contributed by atoms with E-state index in [1.807, 2.05) is 39.2 Å². The van der Waals surface area contributed by atoms with Crippen LogP contribution in [0.15, 0.2) is 30.7 Å². The summed E-state index contributed by atoms with van der Waals surface area (Å²) in [5.41, 5.74) is 4.51. The number of rotatable bonds is 5. The van der Waals surface area contributed by atoms with E-state index in [-0.39, 0.29) is 12.1 Å². The fraction of sp³-hybridized carbons (Fsp3) is 0.385. The molecule has 0 aliphatic heterocycles. The van der Waals surface area contributed by atoms with Crippen LogP contribution in [-0.4, -0.2) is 20.9 Å². The average molecular weight is 261 g/mol. The van der Waals surface area contributed by atoms with Crippen molar-refractivity contribution < 1.29 is 4.74 Å². The largest absolute Gasteiger partial charge is 0.489 e. The highest BCUT2D eigenvalue weighted by atomic mass is 16.5. The second-order valence-corrected chi connectivity index (χ2v) is 4.63. The molecule has 2 aromatic rings. The van der Waals surface area contributed by atoms with Crippen LogP contribution in [0.1, 0.15) is 31.1 Å². The van der Waals surface area contributed by atoms with Crippen molar-refractivity contribution in [2.24, 2.45) is 12.9 Å². The normalized spacial score (nSPS) is 12.7. The summed E-state index contributed by atoms with van der Waals surface area (Å²) in [5, 5.41) is 4.35. The Morgan fingerprint density at radius 2 is 2.16 bits per heavy atom. The average Bonchev–Trinajstić information content (AvgIpc) is 2.76. The van der Waals surface area contributed by atoms with Gasteiger partial charge in [0.25, 0.3) is 0 Å². The molecule has 0 aliphatic carbocycles. The van der Waals surface area contributed by atoms with Gasteiger partial charge in [-0.05, 0) is 31.5 Å². The van der Waals surface area contributed by atoms with Gasteiger partial charge in [0.15, 0.2) is 0 Å². The highest BCUT2D eigenvalue weighted by molar-refractivity contribution is 5.30. The molecule has 19 heavy (non-hydrogen) atoms. The van der Waals surface area contributed by atoms with E-state index >= 15 is 0 Å². The molecule has 3 N–H and O–H groups in total. The van der Waals surface area contributed by atoms with Gasteiger partial charge in [-0.2, -0.15) is 5.10 Å². The summed E-state index contributed by atoms with van der Waals surface area (Å²) in [6, 6.07) is 3.64. The second-order valence-electron chi connectivity index (χ2n) is 4.63. The standard InChI is InChI=1S/C13H19N5O/c1-9(2)19-11-6-10(7-15-8-11)13(16-14)12-4-5-18(3)17-12/h4-9,13,16H,14H2,1-3H3. The molecule has 2 rings (SSSR count). The monoisotopic (exact) mass is 261 g/mol. The minimum atomic E-state index is -0.204. The number of ether oxygens (including phenoxy) is 1. The zero-order valence-electron chi connectivity index (χ0n) is 11.4. The van der Waals surface area contributed by atoms with Gasteiger partial charge in [0, 0.05) is 19.4 Å². The molecule has 0 bridgehead atoms. The van der Waals surface area contributed by atoms with Gasteiger partial charge in [-0.3, -0.25) is 15.5 Å². The topological polar surface area (TPSA) is 78.0 Å². The number of nitrogens with zero attached hydrogens (tertiary/aromatic N) is 3. The van der Waals surface area contributed by atoms with Crippen molar-refractivity contribution in [1.29, 1.82) is 0 Å². The molecule has 0 fully saturated rings. The zero-order valence-corrected chi connectivity index (χ0v) is 11.4. The molecule has 0 amide bonds. The lowest BCUT2D eigenvalue weighted by Crippen LogP contribution is -2.29. The number of hydrogen-bond acceptors (Lipinski definition) is 5. The Kier molecular flexibility index (Phi) is 4.13. The van der Waals surface area contributed by atoms with E-state index in [0.29, 0.717) is 0 Å². The van der Waals surface area contributed by atoms with Gasteiger partial charge in [0.2, 0.25) is 0 Å². The summed E-state index contributed by atoms with van der Waals surface area (Å²) < 4.78 is 7.37. The number of hydrogen-bond donors (Lipinski definition) is 2. The SMILES string of the molecule is CC(C)Oc1cncc(C(NN)c2ccn(C)n2)c1. The van der Waals surface area contributed by atoms with Crippen molar-refractivity contribution in [3.63, 3.8) is 0 Å². The molecule has 6 heteroatoms. The van der Waals surface area contributed by atoms with Crippen LogP contribution in [0.25, 0.3) is 0 Å². The lowest BCUT2D eigenvalue weighted by Gasteiger charge is -2.15. The van der Waals surface area contributed by atoms with E-state index in [0.717, 1.165) is 17.0 Å². The Bertz CT molecular complexity index is 537. The van der Waals surface area contributed by atoms with Crippen molar-refractivity contribution in [3.8, 4) is 5.75 Å². The molecule has 0 aliphatic rings. The quantitative estimate of drug-likeness (QED) is 0.623. The smallest absolute Gasteiger partial charge is 0.138 e. The summed E-state index contributed by atoms with van der Waals surface area (Å²) in [5.74, 6) is 6.36. The molecule has 0 aromatic carbocycles. The second kappa shape index (κ2) is 5.81. The lowest BCUT2D eigenvalue weighted by atomic mass is 10.1. The highest BCUT2D eigenvalue weighted by Gasteiger charge is 2.16. The summed E-state index contributed by atoms with van der Waals surface area (Å²) in [7, 11) is 1.87. The number of nitrogens with one attached hydrogen (secondary N) is 1. The zero-order chi connectivity index (χ0) is 13.8. The van der Waals surface area contributed by atoms with Crippen LogP contribution >= 0.6 is 0 Å². The van der Waals surface area contributed by atoms with Crippen molar-refractivity contribution in [2.45, 2.75) is 26.0 Å².